The van der Waals surface area contributed by atoms with Crippen molar-refractivity contribution in [2.75, 3.05) is 0 Å². The Bertz CT molecular complexity index is 711. The van der Waals surface area contributed by atoms with Crippen LogP contribution in [-0.2, 0) is 14.1 Å². The molecule has 0 aliphatic carbocycles. The lowest BCUT2D eigenvalue weighted by Crippen LogP contribution is -2.27. The minimum absolute atomic E-state index is 0.297. The molecule has 132 valence electrons. The SMILES string of the molecule is Cc1cccc(Cl)c1C(=O)C(C(=O)OC(C)C)c1ccccc1.O=P. The van der Waals surface area contributed by atoms with E-state index in [0.717, 1.165) is 5.56 Å². The molecule has 2 aromatic rings. The Labute approximate surface area is 154 Å². The highest BCUT2D eigenvalue weighted by Gasteiger charge is 2.33. The number of carbonyl (C=O) groups excluding carboxylic acids is 2. The summed E-state index contributed by atoms with van der Waals surface area (Å²) in [5.74, 6) is -1.92. The molecule has 2 rings (SSSR count). The van der Waals surface area contributed by atoms with Gasteiger partial charge in [0.25, 0.3) is 0 Å². The van der Waals surface area contributed by atoms with E-state index >= 15 is 0 Å². The average Bonchev–Trinajstić information content (AvgIpc) is 2.57. The van der Waals surface area contributed by atoms with Gasteiger partial charge in [-0.2, -0.15) is 0 Å². The molecule has 0 fully saturated rings. The molecule has 0 spiro atoms. The Kier molecular flexibility index (Phi) is 8.47. The average molecular weight is 379 g/mol. The van der Waals surface area contributed by atoms with E-state index in [1.807, 2.05) is 6.07 Å². The predicted molar refractivity (Wildman–Crippen MR) is 99.9 cm³/mol. The molecule has 1 unspecified atom stereocenters. The molecule has 0 saturated carbocycles. The normalized spacial score (nSPS) is 11.2. The largest absolute Gasteiger partial charge is 0.462 e. The van der Waals surface area contributed by atoms with Crippen LogP contribution in [0.1, 0.15) is 41.3 Å². The fourth-order valence-electron chi connectivity index (χ4n) is 2.43. The highest BCUT2D eigenvalue weighted by Crippen LogP contribution is 2.29. The molecule has 0 saturated heterocycles. The number of hydrogen-bond donors (Lipinski definition) is 0. The Morgan fingerprint density at radius 3 is 2.12 bits per heavy atom. The van der Waals surface area contributed by atoms with E-state index in [-0.39, 0.29) is 11.9 Å². The van der Waals surface area contributed by atoms with Gasteiger partial charge in [-0.3, -0.25) is 14.2 Å². The second-order valence-electron chi connectivity index (χ2n) is 5.63. The van der Waals surface area contributed by atoms with Crippen molar-refractivity contribution >= 4 is 32.5 Å². The van der Waals surface area contributed by atoms with E-state index in [9.17, 15) is 9.59 Å². The minimum Gasteiger partial charge on any atom is -0.462 e. The molecule has 6 heteroatoms. The molecule has 0 aliphatic heterocycles. The molecule has 0 amide bonds. The van der Waals surface area contributed by atoms with Gasteiger partial charge < -0.3 is 4.74 Å². The quantitative estimate of drug-likeness (QED) is 0.316. The maximum absolute atomic E-state index is 13.0. The van der Waals surface area contributed by atoms with Gasteiger partial charge >= 0.3 is 5.97 Å². The van der Waals surface area contributed by atoms with Crippen molar-refractivity contribution in [3.63, 3.8) is 0 Å². The zero-order chi connectivity index (χ0) is 19.0. The molecule has 0 bridgehead atoms. The zero-order valence-corrected chi connectivity index (χ0v) is 16.0. The van der Waals surface area contributed by atoms with Gasteiger partial charge in [0.2, 0.25) is 0 Å². The number of benzene rings is 2. The van der Waals surface area contributed by atoms with Gasteiger partial charge in [-0.25, -0.2) is 0 Å². The summed E-state index contributed by atoms with van der Waals surface area (Å²) in [6, 6.07) is 14.1. The van der Waals surface area contributed by atoms with Crippen LogP contribution in [0.3, 0.4) is 0 Å². The van der Waals surface area contributed by atoms with Crippen LogP contribution in [0.15, 0.2) is 48.5 Å². The van der Waals surface area contributed by atoms with Gasteiger partial charge in [-0.1, -0.05) is 54.1 Å². The summed E-state index contributed by atoms with van der Waals surface area (Å²) in [4.78, 5) is 25.5. The van der Waals surface area contributed by atoms with Crippen molar-refractivity contribution in [2.24, 2.45) is 0 Å². The molecule has 25 heavy (non-hydrogen) atoms. The number of halogens is 1. The number of hydrogen-bond acceptors (Lipinski definition) is 4. The van der Waals surface area contributed by atoms with Gasteiger partial charge in [-0.15, -0.1) is 0 Å². The predicted octanol–water partition coefficient (Wildman–Crippen LogP) is 5.04. The van der Waals surface area contributed by atoms with E-state index in [4.69, 9.17) is 20.9 Å². The van der Waals surface area contributed by atoms with Crippen LogP contribution in [-0.4, -0.2) is 17.9 Å². The third kappa shape index (κ3) is 5.48. The number of Topliss-reactive ketones (excluding diaryl/α,β-unsaturated/α-hetero) is 1. The number of aryl methyl sites for hydroxylation is 1. The summed E-state index contributed by atoms with van der Waals surface area (Å²) in [7, 11) is 1.72. The number of ketones is 1. The Hall–Kier alpha value is -2.03. The fraction of sp³-hybridized carbons (Fsp3) is 0.263. The van der Waals surface area contributed by atoms with E-state index in [0.29, 0.717) is 16.1 Å². The summed E-state index contributed by atoms with van der Waals surface area (Å²) in [5, 5.41) is 0.341. The van der Waals surface area contributed by atoms with Crippen LogP contribution >= 0.6 is 20.7 Å². The smallest absolute Gasteiger partial charge is 0.321 e. The lowest BCUT2D eigenvalue weighted by molar-refractivity contribution is -0.147. The Balaban J connectivity index is 0.00000151. The highest BCUT2D eigenvalue weighted by molar-refractivity contribution is 7.00. The van der Waals surface area contributed by atoms with E-state index in [1.165, 1.54) is 0 Å². The lowest BCUT2D eigenvalue weighted by atomic mass is 9.89. The molecular weight excluding hydrogens is 359 g/mol. The van der Waals surface area contributed by atoms with Crippen molar-refractivity contribution < 1.29 is 18.9 Å². The van der Waals surface area contributed by atoms with Crippen LogP contribution < -0.4 is 0 Å². The van der Waals surface area contributed by atoms with Crippen molar-refractivity contribution in [2.45, 2.75) is 32.8 Å². The lowest BCUT2D eigenvalue weighted by Gasteiger charge is -2.19. The first-order chi connectivity index (χ1) is 11.9. The van der Waals surface area contributed by atoms with Crippen molar-refractivity contribution in [3.05, 3.63) is 70.2 Å². The monoisotopic (exact) mass is 378 g/mol. The van der Waals surface area contributed by atoms with Crippen LogP contribution in [0.2, 0.25) is 5.02 Å². The number of rotatable bonds is 5. The summed E-state index contributed by atoms with van der Waals surface area (Å²) in [6.07, 6.45) is -0.297. The molecule has 0 heterocycles. The van der Waals surface area contributed by atoms with Gasteiger partial charge in [-0.05, 0) is 38.0 Å². The van der Waals surface area contributed by atoms with E-state index < -0.39 is 11.9 Å². The maximum atomic E-state index is 13.0. The van der Waals surface area contributed by atoms with Gasteiger partial charge in [0.15, 0.2) is 5.78 Å². The molecular formula is C19H20ClO4P. The molecule has 0 aromatic heterocycles. The first kappa shape index (κ1) is 21.0. The summed E-state index contributed by atoms with van der Waals surface area (Å²) in [6.45, 7) is 5.31. The third-order valence-electron chi connectivity index (χ3n) is 3.45. The van der Waals surface area contributed by atoms with Crippen LogP contribution in [0.5, 0.6) is 0 Å². The van der Waals surface area contributed by atoms with Crippen LogP contribution in [0.4, 0.5) is 0 Å². The molecule has 1 atom stereocenters. The number of ether oxygens (including phenoxy) is 1. The fourth-order valence-corrected chi connectivity index (χ4v) is 2.74. The first-order valence-corrected chi connectivity index (χ1v) is 8.45. The van der Waals surface area contributed by atoms with E-state index in [1.54, 1.807) is 72.4 Å². The second kappa shape index (κ2) is 10.1. The van der Waals surface area contributed by atoms with Crippen molar-refractivity contribution in [1.29, 1.82) is 0 Å². The standard InChI is InChI=1S/C19H19ClO3.HOP/c1-12(2)23-19(22)17(14-9-5-4-6-10-14)18(21)16-13(3)8-7-11-15(16)20;1-2/h4-12,17H,1-3H3;2H. The van der Waals surface area contributed by atoms with Gasteiger partial charge in [0.05, 0.1) is 11.1 Å². The first-order valence-electron chi connectivity index (χ1n) is 7.67. The molecule has 0 radical (unpaired) electrons. The molecule has 0 aliphatic rings. The summed E-state index contributed by atoms with van der Waals surface area (Å²) >= 11 is 6.19. The number of carbonyl (C=O) groups is 2. The molecule has 4 nitrogen and oxygen atoms in total. The van der Waals surface area contributed by atoms with E-state index in [2.05, 4.69) is 0 Å². The van der Waals surface area contributed by atoms with Crippen molar-refractivity contribution in [3.8, 4) is 0 Å². The Morgan fingerprint density at radius 2 is 1.60 bits per heavy atom. The van der Waals surface area contributed by atoms with Gasteiger partial charge in [0, 0.05) is 5.56 Å². The number of esters is 1. The Morgan fingerprint density at radius 1 is 1.00 bits per heavy atom. The molecule has 0 N–H and O–H groups in total. The highest BCUT2D eigenvalue weighted by atomic mass is 35.5. The van der Waals surface area contributed by atoms with Crippen LogP contribution in [0, 0.1) is 6.92 Å². The summed E-state index contributed by atoms with van der Waals surface area (Å²) in [5.41, 5.74) is 1.70. The summed E-state index contributed by atoms with van der Waals surface area (Å²) < 4.78 is 13.3. The topological polar surface area (TPSA) is 60.4 Å². The van der Waals surface area contributed by atoms with Crippen molar-refractivity contribution in [1.82, 2.24) is 0 Å². The second-order valence-corrected chi connectivity index (χ2v) is 6.03. The maximum Gasteiger partial charge on any atom is 0.321 e. The van der Waals surface area contributed by atoms with Gasteiger partial charge in [0.1, 0.15) is 15.0 Å². The zero-order valence-electron chi connectivity index (χ0n) is 14.3. The van der Waals surface area contributed by atoms with Crippen LogP contribution in [0.25, 0.3) is 0 Å². The minimum atomic E-state index is -1.02. The molecule has 2 aromatic carbocycles. The third-order valence-corrected chi connectivity index (χ3v) is 3.77.